The van der Waals surface area contributed by atoms with Gasteiger partial charge in [-0.25, -0.2) is 4.98 Å². The van der Waals surface area contributed by atoms with E-state index in [-0.39, 0.29) is 0 Å². The lowest BCUT2D eigenvalue weighted by molar-refractivity contribution is 0.494. The Hall–Kier alpha value is -1.02. The first-order valence-electron chi connectivity index (χ1n) is 6.72. The first-order chi connectivity index (χ1) is 8.69. The molecule has 0 N–H and O–H groups in total. The quantitative estimate of drug-likeness (QED) is 0.732. The third-order valence-electron chi connectivity index (χ3n) is 4.07. The number of hydrogen-bond donors (Lipinski definition) is 0. The van der Waals surface area contributed by atoms with Crippen LogP contribution in [0.25, 0.3) is 11.0 Å². The number of alkyl halides is 1. The van der Waals surface area contributed by atoms with Crippen molar-refractivity contribution in [1.29, 1.82) is 0 Å². The summed E-state index contributed by atoms with van der Waals surface area (Å²) < 4.78 is 2.39. The number of aromatic nitrogens is 2. The fourth-order valence-corrected chi connectivity index (χ4v) is 3.35. The Balaban J connectivity index is 2.15. The number of halogens is 1. The second kappa shape index (κ2) is 4.58. The molecule has 2 unspecified atom stereocenters. The molecule has 2 atom stereocenters. The molecule has 18 heavy (non-hydrogen) atoms. The molecule has 1 aromatic heterocycles. The maximum Gasteiger partial charge on any atom is 0.125 e. The maximum atomic E-state index is 6.07. The van der Waals surface area contributed by atoms with Crippen LogP contribution in [0.4, 0.5) is 0 Å². The second-order valence-corrected chi connectivity index (χ2v) is 5.86. The van der Waals surface area contributed by atoms with Gasteiger partial charge < -0.3 is 4.57 Å². The zero-order valence-electron chi connectivity index (χ0n) is 11.0. The Labute approximate surface area is 113 Å². The predicted molar refractivity (Wildman–Crippen MR) is 76.1 cm³/mol. The van der Waals surface area contributed by atoms with Crippen LogP contribution in [0.15, 0.2) is 18.2 Å². The molecule has 1 fully saturated rings. The fourth-order valence-electron chi connectivity index (χ4n) is 3.17. The summed E-state index contributed by atoms with van der Waals surface area (Å²) in [4.78, 5) is 4.67. The molecule has 0 amide bonds. The third kappa shape index (κ3) is 1.93. The molecule has 2 nitrogen and oxygen atoms in total. The number of imidazole rings is 1. The lowest BCUT2D eigenvalue weighted by Gasteiger charge is -2.16. The summed E-state index contributed by atoms with van der Waals surface area (Å²) in [5, 5.41) is 0. The van der Waals surface area contributed by atoms with Crippen LogP contribution in [-0.4, -0.2) is 9.55 Å². The topological polar surface area (TPSA) is 17.8 Å². The number of fused-ring (bicyclic) bond motifs is 1. The number of hydrogen-bond acceptors (Lipinski definition) is 1. The van der Waals surface area contributed by atoms with Crippen molar-refractivity contribution in [3.63, 3.8) is 0 Å². The number of benzene rings is 1. The highest BCUT2D eigenvalue weighted by atomic mass is 35.5. The van der Waals surface area contributed by atoms with Gasteiger partial charge in [0.05, 0.1) is 16.9 Å². The van der Waals surface area contributed by atoms with E-state index in [2.05, 4.69) is 41.6 Å². The van der Waals surface area contributed by atoms with Crippen LogP contribution < -0.4 is 0 Å². The highest BCUT2D eigenvalue weighted by Gasteiger charge is 2.26. The van der Waals surface area contributed by atoms with Crippen molar-refractivity contribution < 1.29 is 0 Å². The van der Waals surface area contributed by atoms with Crippen LogP contribution in [-0.2, 0) is 5.88 Å². The van der Waals surface area contributed by atoms with Crippen LogP contribution in [0.3, 0.4) is 0 Å². The average molecular weight is 263 g/mol. The summed E-state index contributed by atoms with van der Waals surface area (Å²) in [6.45, 7) is 4.47. The molecule has 96 valence electrons. The fraction of sp³-hybridized carbons (Fsp3) is 0.533. The van der Waals surface area contributed by atoms with Gasteiger partial charge in [0.25, 0.3) is 0 Å². The third-order valence-corrected chi connectivity index (χ3v) is 4.31. The van der Waals surface area contributed by atoms with E-state index in [0.29, 0.717) is 11.9 Å². The van der Waals surface area contributed by atoms with Gasteiger partial charge in [-0.15, -0.1) is 11.6 Å². The van der Waals surface area contributed by atoms with Crippen molar-refractivity contribution in [3.8, 4) is 0 Å². The Kier molecular flexibility index (Phi) is 3.06. The highest BCUT2D eigenvalue weighted by molar-refractivity contribution is 6.16. The average Bonchev–Trinajstić information content (AvgIpc) is 2.91. The summed E-state index contributed by atoms with van der Waals surface area (Å²) in [6, 6.07) is 7.05. The molecule has 0 saturated heterocycles. The molecule has 3 rings (SSSR count). The molecule has 0 aliphatic heterocycles. The van der Waals surface area contributed by atoms with E-state index in [4.69, 9.17) is 11.6 Å². The normalized spacial score (nSPS) is 23.9. The zero-order valence-corrected chi connectivity index (χ0v) is 11.7. The van der Waals surface area contributed by atoms with E-state index in [1.807, 2.05) is 0 Å². The largest absolute Gasteiger partial charge is 0.324 e. The molecule has 1 aromatic carbocycles. The minimum Gasteiger partial charge on any atom is -0.324 e. The van der Waals surface area contributed by atoms with Crippen LogP contribution >= 0.6 is 11.6 Å². The maximum absolute atomic E-state index is 6.07. The molecule has 2 aromatic rings. The van der Waals surface area contributed by atoms with E-state index in [9.17, 15) is 0 Å². The van der Waals surface area contributed by atoms with Crippen LogP contribution in [0, 0.1) is 12.8 Å². The number of aryl methyl sites for hydroxylation is 1. The first-order valence-corrected chi connectivity index (χ1v) is 7.26. The number of nitrogens with zero attached hydrogens (tertiary/aromatic N) is 2. The van der Waals surface area contributed by atoms with E-state index in [1.54, 1.807) is 0 Å². The van der Waals surface area contributed by atoms with Crippen molar-refractivity contribution in [3.05, 3.63) is 29.6 Å². The molecule has 1 heterocycles. The Bertz CT molecular complexity index is 573. The van der Waals surface area contributed by atoms with E-state index >= 15 is 0 Å². The van der Waals surface area contributed by atoms with Gasteiger partial charge in [0.1, 0.15) is 5.82 Å². The minimum atomic E-state index is 0.499. The van der Waals surface area contributed by atoms with Gasteiger partial charge in [-0.2, -0.15) is 0 Å². The van der Waals surface area contributed by atoms with Gasteiger partial charge in [0.15, 0.2) is 0 Å². The van der Waals surface area contributed by atoms with Gasteiger partial charge in [-0.05, 0) is 49.8 Å². The van der Waals surface area contributed by atoms with Crippen LogP contribution in [0.2, 0.25) is 0 Å². The van der Waals surface area contributed by atoms with Gasteiger partial charge in [-0.3, -0.25) is 0 Å². The van der Waals surface area contributed by atoms with Gasteiger partial charge in [0, 0.05) is 6.04 Å². The van der Waals surface area contributed by atoms with E-state index in [1.165, 1.54) is 30.3 Å². The minimum absolute atomic E-state index is 0.499. The summed E-state index contributed by atoms with van der Waals surface area (Å²) in [6.07, 6.45) is 3.83. The van der Waals surface area contributed by atoms with Crippen molar-refractivity contribution in [1.82, 2.24) is 9.55 Å². The van der Waals surface area contributed by atoms with E-state index in [0.717, 1.165) is 17.3 Å². The van der Waals surface area contributed by atoms with Crippen LogP contribution in [0.1, 0.15) is 43.6 Å². The van der Waals surface area contributed by atoms with Crippen LogP contribution in [0.5, 0.6) is 0 Å². The molecule has 3 heteroatoms. The predicted octanol–water partition coefficient (Wildman–Crippen LogP) is 4.44. The molecule has 0 spiro atoms. The monoisotopic (exact) mass is 262 g/mol. The Morgan fingerprint density at radius 1 is 1.39 bits per heavy atom. The lowest BCUT2D eigenvalue weighted by atomic mass is 10.1. The summed E-state index contributed by atoms with van der Waals surface area (Å²) in [7, 11) is 0. The lowest BCUT2D eigenvalue weighted by Crippen LogP contribution is -2.08. The molecule has 1 aliphatic carbocycles. The highest BCUT2D eigenvalue weighted by Crippen LogP contribution is 2.37. The molecule has 0 radical (unpaired) electrons. The smallest absolute Gasteiger partial charge is 0.125 e. The van der Waals surface area contributed by atoms with Crippen molar-refractivity contribution >= 4 is 22.6 Å². The summed E-state index contributed by atoms with van der Waals surface area (Å²) in [5.74, 6) is 2.34. The van der Waals surface area contributed by atoms with Gasteiger partial charge in [-0.1, -0.05) is 13.0 Å². The Morgan fingerprint density at radius 3 is 2.89 bits per heavy atom. The van der Waals surface area contributed by atoms with Crippen molar-refractivity contribution in [2.75, 3.05) is 0 Å². The van der Waals surface area contributed by atoms with Crippen molar-refractivity contribution in [2.45, 2.75) is 45.0 Å². The molecular formula is C15H19ClN2. The second-order valence-electron chi connectivity index (χ2n) is 5.60. The standard InChI is InChI=1S/C15H19ClN2/c1-10-3-5-12(7-10)18-14-8-11(2)4-6-13(14)17-15(18)9-16/h4,6,8,10,12H,3,5,7,9H2,1-2H3. The molecule has 0 bridgehead atoms. The van der Waals surface area contributed by atoms with E-state index < -0.39 is 0 Å². The van der Waals surface area contributed by atoms with Gasteiger partial charge in [0.2, 0.25) is 0 Å². The zero-order chi connectivity index (χ0) is 12.7. The first kappa shape index (κ1) is 12.0. The summed E-state index contributed by atoms with van der Waals surface area (Å²) in [5.41, 5.74) is 3.62. The number of rotatable bonds is 2. The van der Waals surface area contributed by atoms with Crippen molar-refractivity contribution in [2.24, 2.45) is 5.92 Å². The summed E-state index contributed by atoms with van der Waals surface area (Å²) >= 11 is 6.07. The molecular weight excluding hydrogens is 244 g/mol. The molecule has 1 aliphatic rings. The van der Waals surface area contributed by atoms with Gasteiger partial charge >= 0.3 is 0 Å². The Morgan fingerprint density at radius 2 is 2.22 bits per heavy atom. The SMILES string of the molecule is Cc1ccc2nc(CCl)n(C3CCC(C)C3)c2c1. The molecule has 1 saturated carbocycles.